The summed E-state index contributed by atoms with van der Waals surface area (Å²) in [6.07, 6.45) is 0. The van der Waals surface area contributed by atoms with E-state index in [1.54, 1.807) is 26.2 Å². The van der Waals surface area contributed by atoms with Crippen LogP contribution in [0, 0.1) is 0 Å². The van der Waals surface area contributed by atoms with Crippen LogP contribution in [-0.2, 0) is 14.1 Å². The molecule has 0 bridgehead atoms. The van der Waals surface area contributed by atoms with Crippen LogP contribution in [0.1, 0.15) is 10.4 Å². The highest BCUT2D eigenvalue weighted by Gasteiger charge is 2.14. The minimum atomic E-state index is -0.170. The third-order valence-electron chi connectivity index (χ3n) is 2.78. The standard InChI is InChI=1S/C11H10BrClN2O2/c1-14-8-3-6(10(16)5-13)7(12)4-9(8)15(2)11(14)17/h3-4H,5H2,1-2H3. The van der Waals surface area contributed by atoms with E-state index in [1.807, 2.05) is 0 Å². The second-order valence-electron chi connectivity index (χ2n) is 3.78. The SMILES string of the molecule is Cn1c(=O)n(C)c2cc(C(=O)CCl)c(Br)cc21. The fourth-order valence-corrected chi connectivity index (χ4v) is 2.50. The summed E-state index contributed by atoms with van der Waals surface area (Å²) in [5.41, 5.74) is 1.86. The summed E-state index contributed by atoms with van der Waals surface area (Å²) >= 11 is 8.86. The third kappa shape index (κ3) is 1.83. The first-order valence-corrected chi connectivity index (χ1v) is 6.24. The smallest absolute Gasteiger partial charge is 0.295 e. The van der Waals surface area contributed by atoms with Crippen LogP contribution in [0.5, 0.6) is 0 Å². The van der Waals surface area contributed by atoms with Crippen molar-refractivity contribution in [2.24, 2.45) is 14.1 Å². The maximum atomic E-state index is 11.7. The highest BCUT2D eigenvalue weighted by atomic mass is 79.9. The monoisotopic (exact) mass is 316 g/mol. The molecule has 17 heavy (non-hydrogen) atoms. The van der Waals surface area contributed by atoms with Crippen molar-refractivity contribution in [2.45, 2.75) is 0 Å². The Bertz CT molecular complexity index is 672. The molecule has 1 aromatic heterocycles. The molecule has 90 valence electrons. The Morgan fingerprint density at radius 2 is 1.82 bits per heavy atom. The molecule has 0 fully saturated rings. The number of carbonyl (C=O) groups excluding carboxylic acids is 1. The van der Waals surface area contributed by atoms with Gasteiger partial charge in [0, 0.05) is 24.1 Å². The van der Waals surface area contributed by atoms with E-state index in [0.29, 0.717) is 15.6 Å². The normalized spacial score (nSPS) is 11.1. The lowest BCUT2D eigenvalue weighted by Crippen LogP contribution is -2.19. The minimum absolute atomic E-state index is 0.0785. The number of hydrogen-bond acceptors (Lipinski definition) is 2. The molecule has 0 aliphatic heterocycles. The van der Waals surface area contributed by atoms with Crippen LogP contribution >= 0.6 is 27.5 Å². The highest BCUT2D eigenvalue weighted by molar-refractivity contribution is 9.10. The van der Waals surface area contributed by atoms with Crippen molar-refractivity contribution < 1.29 is 4.79 Å². The molecule has 0 atom stereocenters. The van der Waals surface area contributed by atoms with Crippen molar-refractivity contribution in [2.75, 3.05) is 5.88 Å². The Morgan fingerprint density at radius 3 is 2.35 bits per heavy atom. The van der Waals surface area contributed by atoms with Gasteiger partial charge in [0.25, 0.3) is 0 Å². The average Bonchev–Trinajstić information content (AvgIpc) is 2.53. The number of hydrogen-bond donors (Lipinski definition) is 0. The number of benzene rings is 1. The molecule has 0 saturated carbocycles. The first-order chi connectivity index (χ1) is 7.97. The molecule has 0 radical (unpaired) electrons. The number of rotatable bonds is 2. The van der Waals surface area contributed by atoms with Crippen molar-refractivity contribution in [3.8, 4) is 0 Å². The predicted octanol–water partition coefficient (Wildman–Crippen LogP) is 2.06. The van der Waals surface area contributed by atoms with Gasteiger partial charge in [-0.2, -0.15) is 0 Å². The summed E-state index contributed by atoms with van der Waals surface area (Å²) in [5, 5.41) is 0. The predicted molar refractivity (Wildman–Crippen MR) is 70.9 cm³/mol. The molecule has 0 aliphatic rings. The van der Waals surface area contributed by atoms with Crippen LogP contribution < -0.4 is 5.69 Å². The molecule has 0 amide bonds. The van der Waals surface area contributed by atoms with Crippen LogP contribution in [0.4, 0.5) is 0 Å². The largest absolute Gasteiger partial charge is 0.328 e. The Hall–Kier alpha value is -1.07. The molecular formula is C11H10BrClN2O2. The number of aromatic nitrogens is 2. The van der Waals surface area contributed by atoms with E-state index >= 15 is 0 Å². The van der Waals surface area contributed by atoms with Gasteiger partial charge in [-0.1, -0.05) is 0 Å². The number of fused-ring (bicyclic) bond motifs is 1. The Morgan fingerprint density at radius 1 is 1.29 bits per heavy atom. The van der Waals surface area contributed by atoms with E-state index in [4.69, 9.17) is 11.6 Å². The summed E-state index contributed by atoms with van der Waals surface area (Å²) < 4.78 is 3.69. The molecule has 0 saturated heterocycles. The van der Waals surface area contributed by atoms with Gasteiger partial charge in [-0.25, -0.2) is 4.79 Å². The van der Waals surface area contributed by atoms with Gasteiger partial charge in [0.15, 0.2) is 5.78 Å². The van der Waals surface area contributed by atoms with Gasteiger partial charge >= 0.3 is 5.69 Å². The lowest BCUT2D eigenvalue weighted by atomic mass is 10.1. The van der Waals surface area contributed by atoms with Crippen LogP contribution in [0.15, 0.2) is 21.4 Å². The maximum absolute atomic E-state index is 11.7. The van der Waals surface area contributed by atoms with Gasteiger partial charge in [-0.15, -0.1) is 11.6 Å². The first kappa shape index (κ1) is 12.4. The summed E-state index contributed by atoms with van der Waals surface area (Å²) in [5.74, 6) is -0.248. The number of carbonyl (C=O) groups is 1. The molecule has 0 spiro atoms. The second-order valence-corrected chi connectivity index (χ2v) is 4.90. The lowest BCUT2D eigenvalue weighted by molar-refractivity contribution is 0.102. The van der Waals surface area contributed by atoms with E-state index in [2.05, 4.69) is 15.9 Å². The van der Waals surface area contributed by atoms with E-state index < -0.39 is 0 Å². The summed E-state index contributed by atoms with van der Waals surface area (Å²) in [6.45, 7) is 0. The Balaban J connectivity index is 2.86. The van der Waals surface area contributed by atoms with Crippen molar-refractivity contribution in [3.63, 3.8) is 0 Å². The zero-order chi connectivity index (χ0) is 12.7. The van der Waals surface area contributed by atoms with E-state index in [0.717, 1.165) is 5.52 Å². The molecule has 2 aromatic rings. The summed E-state index contributed by atoms with van der Waals surface area (Å²) in [7, 11) is 3.37. The van der Waals surface area contributed by atoms with Crippen LogP contribution in [0.3, 0.4) is 0 Å². The van der Waals surface area contributed by atoms with E-state index in [-0.39, 0.29) is 17.4 Å². The Kier molecular flexibility index (Phi) is 3.14. The fraction of sp³-hybridized carbons (Fsp3) is 0.273. The van der Waals surface area contributed by atoms with E-state index in [1.165, 1.54) is 9.13 Å². The zero-order valence-corrected chi connectivity index (χ0v) is 11.7. The van der Waals surface area contributed by atoms with Crippen LogP contribution in [-0.4, -0.2) is 20.8 Å². The van der Waals surface area contributed by atoms with Gasteiger partial charge in [-0.05, 0) is 28.1 Å². The molecule has 1 heterocycles. The molecule has 0 unspecified atom stereocenters. The van der Waals surface area contributed by atoms with Crippen molar-refractivity contribution in [3.05, 3.63) is 32.7 Å². The van der Waals surface area contributed by atoms with E-state index in [9.17, 15) is 9.59 Å². The number of imidazole rings is 1. The van der Waals surface area contributed by atoms with Gasteiger partial charge in [0.05, 0.1) is 16.9 Å². The molecule has 0 aliphatic carbocycles. The number of ketones is 1. The van der Waals surface area contributed by atoms with Gasteiger partial charge in [-0.3, -0.25) is 13.9 Å². The maximum Gasteiger partial charge on any atom is 0.328 e. The summed E-state index contributed by atoms with van der Waals surface area (Å²) in [4.78, 5) is 23.4. The van der Waals surface area contributed by atoms with Gasteiger partial charge in [0.2, 0.25) is 0 Å². The number of alkyl halides is 1. The molecule has 4 nitrogen and oxygen atoms in total. The third-order valence-corrected chi connectivity index (χ3v) is 3.68. The molecule has 0 N–H and O–H groups in total. The number of halogens is 2. The van der Waals surface area contributed by atoms with Crippen molar-refractivity contribution in [1.82, 2.24) is 9.13 Å². The molecule has 6 heteroatoms. The van der Waals surface area contributed by atoms with Crippen molar-refractivity contribution >= 4 is 44.3 Å². The zero-order valence-electron chi connectivity index (χ0n) is 9.33. The van der Waals surface area contributed by atoms with Crippen LogP contribution in [0.25, 0.3) is 11.0 Å². The van der Waals surface area contributed by atoms with Crippen LogP contribution in [0.2, 0.25) is 0 Å². The summed E-state index contributed by atoms with van der Waals surface area (Å²) in [6, 6.07) is 3.45. The highest BCUT2D eigenvalue weighted by Crippen LogP contribution is 2.24. The van der Waals surface area contributed by atoms with Crippen molar-refractivity contribution in [1.29, 1.82) is 0 Å². The molecule has 2 rings (SSSR count). The lowest BCUT2D eigenvalue weighted by Gasteiger charge is -2.03. The quantitative estimate of drug-likeness (QED) is 0.628. The average molecular weight is 318 g/mol. The number of nitrogens with zero attached hydrogens (tertiary/aromatic N) is 2. The van der Waals surface area contributed by atoms with Gasteiger partial charge in [0.1, 0.15) is 0 Å². The second kappa shape index (κ2) is 4.31. The number of aryl methyl sites for hydroxylation is 2. The molecule has 1 aromatic carbocycles. The first-order valence-electron chi connectivity index (χ1n) is 4.91. The Labute approximate surface area is 111 Å². The van der Waals surface area contributed by atoms with Gasteiger partial charge < -0.3 is 0 Å². The topological polar surface area (TPSA) is 44.0 Å². The fourth-order valence-electron chi connectivity index (χ4n) is 1.81. The molecular weight excluding hydrogens is 307 g/mol. The minimum Gasteiger partial charge on any atom is -0.295 e. The number of Topliss-reactive ketones (excluding diaryl/α,β-unsaturated/α-hetero) is 1.